The minimum absolute atomic E-state index is 0.0560. The number of β-amino-alcohol motifs (C(OH)–C–C–N with tert-alkyl or cyclic N) is 1. The summed E-state index contributed by atoms with van der Waals surface area (Å²) in [5.41, 5.74) is 6.12. The Morgan fingerprint density at radius 2 is 1.84 bits per heavy atom. The van der Waals surface area contributed by atoms with Gasteiger partial charge in [0.25, 0.3) is 0 Å². The molecular weight excluding hydrogens is 400 g/mol. The minimum atomic E-state index is -1.13. The Bertz CT molecular complexity index is 769. The van der Waals surface area contributed by atoms with Crippen molar-refractivity contribution in [1.29, 1.82) is 0 Å². The lowest BCUT2D eigenvalue weighted by Gasteiger charge is -2.31. The molecule has 31 heavy (non-hydrogen) atoms. The highest BCUT2D eigenvalue weighted by atomic mass is 16.3. The predicted molar refractivity (Wildman–Crippen MR) is 115 cm³/mol. The Kier molecular flexibility index (Phi) is 9.14. The number of hydrogen-bond acceptors (Lipinski definition) is 6. The second-order valence-corrected chi connectivity index (χ2v) is 8.06. The van der Waals surface area contributed by atoms with Gasteiger partial charge in [-0.3, -0.25) is 24.1 Å². The van der Waals surface area contributed by atoms with Gasteiger partial charge < -0.3 is 21.5 Å². The van der Waals surface area contributed by atoms with E-state index in [0.717, 1.165) is 18.4 Å². The molecule has 1 fully saturated rings. The number of nitrogens with zero attached hydrogens (tertiary/aromatic N) is 1. The molecule has 1 aliphatic heterocycles. The van der Waals surface area contributed by atoms with E-state index in [-0.39, 0.29) is 24.8 Å². The Morgan fingerprint density at radius 1 is 1.16 bits per heavy atom. The van der Waals surface area contributed by atoms with E-state index < -0.39 is 35.9 Å². The van der Waals surface area contributed by atoms with Crippen molar-refractivity contribution in [3.8, 4) is 0 Å². The quantitative estimate of drug-likeness (QED) is 0.372. The molecule has 0 aliphatic carbocycles. The largest absolute Gasteiger partial charge is 0.390 e. The van der Waals surface area contributed by atoms with Gasteiger partial charge in [0.1, 0.15) is 11.8 Å². The van der Waals surface area contributed by atoms with Gasteiger partial charge in [-0.1, -0.05) is 30.3 Å². The molecule has 9 nitrogen and oxygen atoms in total. The number of Topliss-reactive ketones (excluding diaryl/α,β-unsaturated/α-hetero) is 1. The van der Waals surface area contributed by atoms with E-state index in [4.69, 9.17) is 5.73 Å². The van der Waals surface area contributed by atoms with Crippen LogP contribution in [-0.2, 0) is 25.6 Å². The second kappa shape index (κ2) is 11.6. The highest BCUT2D eigenvalue weighted by Gasteiger charge is 2.33. The average Bonchev–Trinajstić information content (AvgIpc) is 3.15. The van der Waals surface area contributed by atoms with Crippen LogP contribution in [0.1, 0.15) is 38.7 Å². The number of likely N-dealkylation sites (tertiary alicyclic amines) is 1. The highest BCUT2D eigenvalue weighted by molar-refractivity contribution is 5.91. The average molecular weight is 433 g/mol. The van der Waals surface area contributed by atoms with Gasteiger partial charge in [0, 0.05) is 13.5 Å². The molecule has 1 aromatic rings. The first kappa shape index (κ1) is 24.5. The molecule has 0 aromatic heterocycles. The number of carbonyl (C=O) groups is 4. The highest BCUT2D eigenvalue weighted by Crippen LogP contribution is 2.19. The van der Waals surface area contributed by atoms with Gasteiger partial charge in [0.15, 0.2) is 0 Å². The van der Waals surface area contributed by atoms with E-state index in [1.165, 1.54) is 6.92 Å². The van der Waals surface area contributed by atoms with Gasteiger partial charge in [0.2, 0.25) is 17.7 Å². The molecule has 4 unspecified atom stereocenters. The van der Waals surface area contributed by atoms with Crippen LogP contribution in [0.5, 0.6) is 0 Å². The third kappa shape index (κ3) is 7.76. The molecule has 1 aliphatic rings. The maximum atomic E-state index is 12.8. The van der Waals surface area contributed by atoms with Crippen LogP contribution in [-0.4, -0.2) is 70.8 Å². The molecule has 0 saturated carbocycles. The van der Waals surface area contributed by atoms with E-state index >= 15 is 0 Å². The van der Waals surface area contributed by atoms with Crippen molar-refractivity contribution in [2.24, 2.45) is 5.73 Å². The van der Waals surface area contributed by atoms with Crippen molar-refractivity contribution in [1.82, 2.24) is 15.5 Å². The Balaban J connectivity index is 2.16. The maximum Gasteiger partial charge on any atom is 0.243 e. The van der Waals surface area contributed by atoms with Crippen LogP contribution in [0.4, 0.5) is 0 Å². The number of benzene rings is 1. The summed E-state index contributed by atoms with van der Waals surface area (Å²) >= 11 is 0. The number of nitrogens with one attached hydrogen (secondary N) is 2. The van der Waals surface area contributed by atoms with Crippen LogP contribution in [0.3, 0.4) is 0 Å². The van der Waals surface area contributed by atoms with Crippen molar-refractivity contribution in [2.75, 3.05) is 13.1 Å². The number of rotatable bonds is 11. The lowest BCUT2D eigenvalue weighted by atomic mass is 9.99. The summed E-state index contributed by atoms with van der Waals surface area (Å²) in [6.45, 7) is 3.71. The molecule has 0 bridgehead atoms. The van der Waals surface area contributed by atoms with Crippen molar-refractivity contribution in [3.63, 3.8) is 0 Å². The molecule has 1 saturated heterocycles. The zero-order valence-corrected chi connectivity index (χ0v) is 18.0. The monoisotopic (exact) mass is 432 g/mol. The summed E-state index contributed by atoms with van der Waals surface area (Å²) in [6, 6.07) is 7.31. The number of hydrogen-bond donors (Lipinski definition) is 4. The lowest BCUT2D eigenvalue weighted by Crippen LogP contribution is -2.56. The number of aliphatic hydroxyl groups is 1. The molecule has 5 N–H and O–H groups in total. The van der Waals surface area contributed by atoms with E-state index in [0.29, 0.717) is 13.0 Å². The van der Waals surface area contributed by atoms with Crippen LogP contribution >= 0.6 is 0 Å². The normalized spacial score (nSPS) is 19.3. The molecule has 3 amide bonds. The first-order chi connectivity index (χ1) is 14.7. The van der Waals surface area contributed by atoms with E-state index in [9.17, 15) is 24.3 Å². The molecule has 0 radical (unpaired) electrons. The SMILES string of the molecule is CC(=O)NC(CC(N)=O)C(=O)NC(Cc1ccccc1)C(O)CN1CCCC1C(C)=O. The lowest BCUT2D eigenvalue weighted by molar-refractivity contribution is -0.131. The number of primary amides is 1. The molecule has 1 heterocycles. The van der Waals surface area contributed by atoms with Gasteiger partial charge in [-0.15, -0.1) is 0 Å². The fourth-order valence-electron chi connectivity index (χ4n) is 3.96. The molecule has 1 aromatic carbocycles. The number of aliphatic hydroxyl groups excluding tert-OH is 1. The van der Waals surface area contributed by atoms with Crippen molar-refractivity contribution in [3.05, 3.63) is 35.9 Å². The molecule has 170 valence electrons. The van der Waals surface area contributed by atoms with Crippen LogP contribution < -0.4 is 16.4 Å². The summed E-state index contributed by atoms with van der Waals surface area (Å²) in [7, 11) is 0. The topological polar surface area (TPSA) is 142 Å². The smallest absolute Gasteiger partial charge is 0.243 e. The molecule has 9 heteroatoms. The summed E-state index contributed by atoms with van der Waals surface area (Å²) < 4.78 is 0. The van der Waals surface area contributed by atoms with Crippen molar-refractivity contribution >= 4 is 23.5 Å². The first-order valence-electron chi connectivity index (χ1n) is 10.5. The number of carbonyl (C=O) groups excluding carboxylic acids is 4. The molecule has 0 spiro atoms. The van der Waals surface area contributed by atoms with Gasteiger partial charge >= 0.3 is 0 Å². The van der Waals surface area contributed by atoms with E-state index in [2.05, 4.69) is 10.6 Å². The Morgan fingerprint density at radius 3 is 2.42 bits per heavy atom. The number of amides is 3. The van der Waals surface area contributed by atoms with Gasteiger partial charge in [-0.2, -0.15) is 0 Å². The van der Waals surface area contributed by atoms with Gasteiger partial charge in [-0.05, 0) is 38.3 Å². The Labute approximate surface area is 182 Å². The van der Waals surface area contributed by atoms with Crippen molar-refractivity contribution < 1.29 is 24.3 Å². The van der Waals surface area contributed by atoms with Gasteiger partial charge in [0.05, 0.1) is 24.6 Å². The summed E-state index contributed by atoms with van der Waals surface area (Å²) in [5, 5.41) is 16.2. The summed E-state index contributed by atoms with van der Waals surface area (Å²) in [6.07, 6.45) is 0.653. The standard InChI is InChI=1S/C22H32N4O5/c1-14(27)19-9-6-10-26(19)13-20(29)17(11-16-7-4-3-5-8-16)25-22(31)18(12-21(23)30)24-15(2)28/h3-5,7-8,17-20,29H,6,9-13H2,1-2H3,(H2,23,30)(H,24,28)(H,25,31). The van der Waals surface area contributed by atoms with Crippen molar-refractivity contribution in [2.45, 2.75) is 63.8 Å². The predicted octanol–water partition coefficient (Wildman–Crippen LogP) is -0.492. The summed E-state index contributed by atoms with van der Waals surface area (Å²) in [5.74, 6) is -1.74. The van der Waals surface area contributed by atoms with Crippen LogP contribution in [0, 0.1) is 0 Å². The summed E-state index contributed by atoms with van der Waals surface area (Å²) in [4.78, 5) is 49.4. The minimum Gasteiger partial charge on any atom is -0.390 e. The number of ketones is 1. The van der Waals surface area contributed by atoms with E-state index in [1.807, 2.05) is 35.2 Å². The van der Waals surface area contributed by atoms with E-state index in [1.54, 1.807) is 6.92 Å². The first-order valence-corrected chi connectivity index (χ1v) is 10.5. The fraction of sp³-hybridized carbons (Fsp3) is 0.545. The third-order valence-electron chi connectivity index (χ3n) is 5.44. The maximum absolute atomic E-state index is 12.8. The van der Waals surface area contributed by atoms with Gasteiger partial charge in [-0.25, -0.2) is 0 Å². The van der Waals surface area contributed by atoms with Crippen LogP contribution in [0.15, 0.2) is 30.3 Å². The fourth-order valence-corrected chi connectivity index (χ4v) is 3.96. The Hall–Kier alpha value is -2.78. The van der Waals surface area contributed by atoms with Crippen LogP contribution in [0.25, 0.3) is 0 Å². The zero-order valence-electron chi connectivity index (χ0n) is 18.0. The third-order valence-corrected chi connectivity index (χ3v) is 5.44. The molecular formula is C22H32N4O5. The van der Waals surface area contributed by atoms with Crippen LogP contribution in [0.2, 0.25) is 0 Å². The number of nitrogens with two attached hydrogens (primary N) is 1. The molecule has 2 rings (SSSR count). The molecule has 4 atom stereocenters. The second-order valence-electron chi connectivity index (χ2n) is 8.06. The zero-order chi connectivity index (χ0) is 23.0.